The van der Waals surface area contributed by atoms with Gasteiger partial charge in [0.05, 0.1) is 18.8 Å². The smallest absolute Gasteiger partial charge is 0.308 e. The van der Waals surface area contributed by atoms with Crippen molar-refractivity contribution in [2.75, 3.05) is 20.0 Å². The number of hydrogen-bond donors (Lipinski definition) is 0. The summed E-state index contributed by atoms with van der Waals surface area (Å²) in [5.74, 6) is -0.222. The lowest BCUT2D eigenvalue weighted by atomic mass is 10.1. The molecule has 0 N–H and O–H groups in total. The Labute approximate surface area is 84.8 Å². The van der Waals surface area contributed by atoms with E-state index in [0.717, 1.165) is 6.42 Å². The Balaban J connectivity index is 3.27. The van der Waals surface area contributed by atoms with Crippen LogP contribution in [0.1, 0.15) is 20.3 Å². The summed E-state index contributed by atoms with van der Waals surface area (Å²) in [7, 11) is 0. The number of rotatable bonds is 8. The summed E-state index contributed by atoms with van der Waals surface area (Å²) in [5.41, 5.74) is 0. The number of carbonyl (C=O) groups is 1. The van der Waals surface area contributed by atoms with E-state index in [-0.39, 0.29) is 25.3 Å². The molecule has 0 aliphatic heterocycles. The van der Waals surface area contributed by atoms with E-state index >= 15 is 0 Å². The van der Waals surface area contributed by atoms with Crippen LogP contribution in [0.3, 0.4) is 0 Å². The summed E-state index contributed by atoms with van der Waals surface area (Å²) in [6.07, 6.45) is 2.09. The molecule has 0 saturated heterocycles. The largest absolute Gasteiger partial charge is 0.476 e. The van der Waals surface area contributed by atoms with Gasteiger partial charge < -0.3 is 14.2 Å². The van der Waals surface area contributed by atoms with Crippen LogP contribution in [0.15, 0.2) is 12.8 Å². The molecule has 4 heteroatoms. The summed E-state index contributed by atoms with van der Waals surface area (Å²) in [6, 6.07) is 0. The normalized spacial score (nSPS) is 11.9. The number of carbonyl (C=O) groups excluding carboxylic acids is 1. The van der Waals surface area contributed by atoms with Crippen LogP contribution < -0.4 is 0 Å². The van der Waals surface area contributed by atoms with Gasteiger partial charge in [0.25, 0.3) is 0 Å². The van der Waals surface area contributed by atoms with Gasteiger partial charge in [0.1, 0.15) is 6.61 Å². The molecule has 82 valence electrons. The van der Waals surface area contributed by atoms with Gasteiger partial charge in [0.2, 0.25) is 0 Å². The molecule has 0 spiro atoms. The monoisotopic (exact) mass is 202 g/mol. The molecule has 14 heavy (non-hydrogen) atoms. The average molecular weight is 202 g/mol. The third-order valence-electron chi connectivity index (χ3n) is 1.76. The van der Waals surface area contributed by atoms with Crippen molar-refractivity contribution in [3.8, 4) is 0 Å². The van der Waals surface area contributed by atoms with Gasteiger partial charge >= 0.3 is 5.97 Å². The van der Waals surface area contributed by atoms with Crippen LogP contribution in [0, 0.1) is 5.92 Å². The van der Waals surface area contributed by atoms with E-state index in [4.69, 9.17) is 14.2 Å². The van der Waals surface area contributed by atoms with Gasteiger partial charge in [0, 0.05) is 0 Å². The second kappa shape index (κ2) is 8.56. The first-order valence-electron chi connectivity index (χ1n) is 4.69. The molecule has 0 bridgehead atoms. The minimum atomic E-state index is -0.180. The molecule has 1 atom stereocenters. The predicted molar refractivity (Wildman–Crippen MR) is 52.5 cm³/mol. The SMILES string of the molecule is C=COCOCCOC(=O)C(C)CC. The van der Waals surface area contributed by atoms with Gasteiger partial charge in [-0.15, -0.1) is 0 Å². The molecule has 0 heterocycles. The lowest BCUT2D eigenvalue weighted by Gasteiger charge is -2.09. The third-order valence-corrected chi connectivity index (χ3v) is 1.76. The number of hydrogen-bond acceptors (Lipinski definition) is 4. The minimum Gasteiger partial charge on any atom is -0.476 e. The Morgan fingerprint density at radius 1 is 1.50 bits per heavy atom. The molecule has 0 aliphatic rings. The maximum Gasteiger partial charge on any atom is 0.308 e. The van der Waals surface area contributed by atoms with Gasteiger partial charge in [-0.3, -0.25) is 4.79 Å². The van der Waals surface area contributed by atoms with E-state index in [1.807, 2.05) is 13.8 Å². The molecule has 0 aromatic rings. The summed E-state index contributed by atoms with van der Waals surface area (Å²) in [5, 5.41) is 0. The Kier molecular flexibility index (Phi) is 7.93. The van der Waals surface area contributed by atoms with Crippen LogP contribution >= 0.6 is 0 Å². The summed E-state index contributed by atoms with van der Waals surface area (Å²) < 4.78 is 14.6. The Bertz CT molecular complexity index is 168. The van der Waals surface area contributed by atoms with Crippen LogP contribution in [0.25, 0.3) is 0 Å². The average Bonchev–Trinajstić information content (AvgIpc) is 2.21. The molecule has 4 nitrogen and oxygen atoms in total. The highest BCUT2D eigenvalue weighted by Crippen LogP contribution is 2.02. The maximum atomic E-state index is 11.1. The third kappa shape index (κ3) is 6.48. The molecular weight excluding hydrogens is 184 g/mol. The lowest BCUT2D eigenvalue weighted by molar-refractivity contribution is -0.150. The van der Waals surface area contributed by atoms with Crippen molar-refractivity contribution in [2.45, 2.75) is 20.3 Å². The predicted octanol–water partition coefficient (Wildman–Crippen LogP) is 1.71. The fourth-order valence-electron chi connectivity index (χ4n) is 0.665. The quantitative estimate of drug-likeness (QED) is 0.260. The standard InChI is InChI=1S/C10H18O4/c1-4-9(3)10(11)14-7-6-13-8-12-5-2/h5,9H,2,4,6-8H2,1,3H3. The molecule has 0 rings (SSSR count). The van der Waals surface area contributed by atoms with Crippen LogP contribution in [0.2, 0.25) is 0 Å². The topological polar surface area (TPSA) is 44.8 Å². The second-order valence-corrected chi connectivity index (χ2v) is 2.84. The molecule has 0 aromatic carbocycles. The van der Waals surface area contributed by atoms with E-state index in [1.165, 1.54) is 6.26 Å². The van der Waals surface area contributed by atoms with Gasteiger partial charge in [-0.2, -0.15) is 0 Å². The van der Waals surface area contributed by atoms with E-state index in [2.05, 4.69) is 6.58 Å². The van der Waals surface area contributed by atoms with Crippen molar-refractivity contribution in [3.63, 3.8) is 0 Å². The zero-order valence-electron chi connectivity index (χ0n) is 8.82. The number of esters is 1. The van der Waals surface area contributed by atoms with Crippen molar-refractivity contribution in [2.24, 2.45) is 5.92 Å². The summed E-state index contributed by atoms with van der Waals surface area (Å²) in [6.45, 7) is 7.89. The van der Waals surface area contributed by atoms with Crippen molar-refractivity contribution in [3.05, 3.63) is 12.8 Å². The molecular formula is C10H18O4. The van der Waals surface area contributed by atoms with Crippen molar-refractivity contribution in [1.29, 1.82) is 0 Å². The Morgan fingerprint density at radius 2 is 2.21 bits per heavy atom. The van der Waals surface area contributed by atoms with E-state index in [0.29, 0.717) is 6.61 Å². The van der Waals surface area contributed by atoms with Crippen LogP contribution in [0.4, 0.5) is 0 Å². The summed E-state index contributed by atoms with van der Waals surface area (Å²) in [4.78, 5) is 11.1. The first-order valence-corrected chi connectivity index (χ1v) is 4.69. The molecule has 0 radical (unpaired) electrons. The number of ether oxygens (including phenoxy) is 3. The minimum absolute atomic E-state index is 0.0422. The van der Waals surface area contributed by atoms with Crippen LogP contribution in [-0.4, -0.2) is 26.0 Å². The molecule has 0 amide bonds. The molecule has 1 unspecified atom stereocenters. The van der Waals surface area contributed by atoms with Crippen molar-refractivity contribution in [1.82, 2.24) is 0 Å². The Morgan fingerprint density at radius 3 is 2.79 bits per heavy atom. The first kappa shape index (κ1) is 13.0. The zero-order valence-corrected chi connectivity index (χ0v) is 8.82. The van der Waals surface area contributed by atoms with Gasteiger partial charge in [-0.1, -0.05) is 20.4 Å². The highest BCUT2D eigenvalue weighted by atomic mass is 16.7. The fraction of sp³-hybridized carbons (Fsp3) is 0.700. The van der Waals surface area contributed by atoms with E-state index < -0.39 is 0 Å². The molecule has 0 aromatic heterocycles. The molecule has 0 aliphatic carbocycles. The highest BCUT2D eigenvalue weighted by Gasteiger charge is 2.10. The second-order valence-electron chi connectivity index (χ2n) is 2.84. The van der Waals surface area contributed by atoms with Crippen LogP contribution in [-0.2, 0) is 19.0 Å². The molecule has 0 fully saturated rings. The van der Waals surface area contributed by atoms with Gasteiger partial charge in [-0.05, 0) is 6.42 Å². The van der Waals surface area contributed by atoms with E-state index in [1.54, 1.807) is 0 Å². The fourth-order valence-corrected chi connectivity index (χ4v) is 0.665. The first-order chi connectivity index (χ1) is 6.72. The van der Waals surface area contributed by atoms with E-state index in [9.17, 15) is 4.79 Å². The van der Waals surface area contributed by atoms with Gasteiger partial charge in [0.15, 0.2) is 6.79 Å². The maximum absolute atomic E-state index is 11.1. The van der Waals surface area contributed by atoms with Crippen molar-refractivity contribution >= 4 is 5.97 Å². The van der Waals surface area contributed by atoms with Gasteiger partial charge in [-0.25, -0.2) is 0 Å². The highest BCUT2D eigenvalue weighted by molar-refractivity contribution is 5.71. The lowest BCUT2D eigenvalue weighted by Crippen LogP contribution is -2.17. The Hall–Kier alpha value is -1.03. The van der Waals surface area contributed by atoms with Crippen LogP contribution in [0.5, 0.6) is 0 Å². The zero-order chi connectivity index (χ0) is 10.8. The van der Waals surface area contributed by atoms with Crippen molar-refractivity contribution < 1.29 is 19.0 Å². The summed E-state index contributed by atoms with van der Waals surface area (Å²) >= 11 is 0. The molecule has 0 saturated carbocycles.